The summed E-state index contributed by atoms with van der Waals surface area (Å²) in [6.45, 7) is 2.01. The van der Waals surface area contributed by atoms with E-state index in [1.54, 1.807) is 29.7 Å². The van der Waals surface area contributed by atoms with Crippen LogP contribution in [-0.4, -0.2) is 28.0 Å². The minimum Gasteiger partial charge on any atom is -0.284 e. The molecule has 1 aromatic rings. The second kappa shape index (κ2) is 4.87. The van der Waals surface area contributed by atoms with Crippen molar-refractivity contribution in [1.82, 2.24) is 9.29 Å². The number of aromatic nitrogens is 1. The molecule has 3 nitrogen and oxygen atoms in total. The SMILES string of the molecule is CCSN(C)C(=O)c1ccccn1. The molecule has 0 bridgehead atoms. The summed E-state index contributed by atoms with van der Waals surface area (Å²) < 4.78 is 1.60. The number of carbonyl (C=O) groups excluding carboxylic acids is 1. The van der Waals surface area contributed by atoms with Crippen molar-refractivity contribution in [2.45, 2.75) is 6.92 Å². The quantitative estimate of drug-likeness (QED) is 0.691. The molecule has 13 heavy (non-hydrogen) atoms. The van der Waals surface area contributed by atoms with Crippen molar-refractivity contribution in [1.29, 1.82) is 0 Å². The van der Waals surface area contributed by atoms with Crippen LogP contribution in [0.3, 0.4) is 0 Å². The summed E-state index contributed by atoms with van der Waals surface area (Å²) in [6, 6.07) is 5.32. The lowest BCUT2D eigenvalue weighted by Crippen LogP contribution is -2.20. The van der Waals surface area contributed by atoms with Gasteiger partial charge in [0.25, 0.3) is 5.91 Å². The van der Waals surface area contributed by atoms with Crippen molar-refractivity contribution in [3.05, 3.63) is 30.1 Å². The Balaban J connectivity index is 2.68. The second-order valence-electron chi connectivity index (χ2n) is 2.44. The first-order valence-electron chi connectivity index (χ1n) is 4.07. The van der Waals surface area contributed by atoms with E-state index < -0.39 is 0 Å². The van der Waals surface area contributed by atoms with Crippen molar-refractivity contribution >= 4 is 17.9 Å². The summed E-state index contributed by atoms with van der Waals surface area (Å²) >= 11 is 1.48. The van der Waals surface area contributed by atoms with E-state index in [1.165, 1.54) is 11.9 Å². The van der Waals surface area contributed by atoms with Gasteiger partial charge in [0.2, 0.25) is 0 Å². The highest BCUT2D eigenvalue weighted by molar-refractivity contribution is 7.97. The maximum absolute atomic E-state index is 11.6. The molecule has 1 heterocycles. The Labute approximate surface area is 82.3 Å². The molecular formula is C9H12N2OS. The maximum Gasteiger partial charge on any atom is 0.282 e. The standard InChI is InChI=1S/C9H12N2OS/c1-3-13-11(2)9(12)8-6-4-5-7-10-8/h4-7H,3H2,1-2H3. The summed E-state index contributed by atoms with van der Waals surface area (Å²) in [6.07, 6.45) is 1.62. The molecule has 1 amide bonds. The van der Waals surface area contributed by atoms with Crippen LogP contribution < -0.4 is 0 Å². The first kappa shape index (κ1) is 10.1. The Kier molecular flexibility index (Phi) is 3.76. The predicted octanol–water partition coefficient (Wildman–Crippen LogP) is 1.82. The molecule has 0 fully saturated rings. The molecule has 1 rings (SSSR count). The van der Waals surface area contributed by atoms with Gasteiger partial charge in [-0.25, -0.2) is 0 Å². The molecule has 4 heteroatoms. The molecule has 0 aromatic carbocycles. The summed E-state index contributed by atoms with van der Waals surface area (Å²) in [5, 5.41) is 0. The summed E-state index contributed by atoms with van der Waals surface area (Å²) in [7, 11) is 1.76. The number of hydrogen-bond acceptors (Lipinski definition) is 3. The smallest absolute Gasteiger partial charge is 0.282 e. The Morgan fingerprint density at radius 3 is 2.92 bits per heavy atom. The number of hydrogen-bond donors (Lipinski definition) is 0. The van der Waals surface area contributed by atoms with Gasteiger partial charge in [0.1, 0.15) is 5.69 Å². The highest BCUT2D eigenvalue weighted by Gasteiger charge is 2.11. The highest BCUT2D eigenvalue weighted by atomic mass is 32.2. The average Bonchev–Trinajstić information content (AvgIpc) is 2.18. The summed E-state index contributed by atoms with van der Waals surface area (Å²) in [4.78, 5) is 15.6. The molecule has 0 aliphatic heterocycles. The number of pyridine rings is 1. The lowest BCUT2D eigenvalue weighted by molar-refractivity contribution is 0.0887. The van der Waals surface area contributed by atoms with E-state index in [0.717, 1.165) is 5.75 Å². The zero-order valence-electron chi connectivity index (χ0n) is 7.73. The molecule has 0 aliphatic carbocycles. The van der Waals surface area contributed by atoms with Gasteiger partial charge in [-0.2, -0.15) is 0 Å². The van der Waals surface area contributed by atoms with Crippen LogP contribution >= 0.6 is 11.9 Å². The lowest BCUT2D eigenvalue weighted by atomic mass is 10.3. The minimum absolute atomic E-state index is 0.0487. The normalized spacial score (nSPS) is 9.69. The van der Waals surface area contributed by atoms with E-state index in [4.69, 9.17) is 0 Å². The second-order valence-corrected chi connectivity index (χ2v) is 3.82. The van der Waals surface area contributed by atoms with E-state index in [2.05, 4.69) is 4.98 Å². The van der Waals surface area contributed by atoms with E-state index in [-0.39, 0.29) is 5.91 Å². The maximum atomic E-state index is 11.6. The van der Waals surface area contributed by atoms with Gasteiger partial charge in [0.15, 0.2) is 0 Å². The topological polar surface area (TPSA) is 33.2 Å². The molecular weight excluding hydrogens is 184 g/mol. The van der Waals surface area contributed by atoms with Crippen molar-refractivity contribution in [2.75, 3.05) is 12.8 Å². The van der Waals surface area contributed by atoms with Crippen LogP contribution in [0, 0.1) is 0 Å². The minimum atomic E-state index is -0.0487. The monoisotopic (exact) mass is 196 g/mol. The average molecular weight is 196 g/mol. The highest BCUT2D eigenvalue weighted by Crippen LogP contribution is 2.09. The van der Waals surface area contributed by atoms with Gasteiger partial charge in [0, 0.05) is 19.0 Å². The molecule has 0 aliphatic rings. The number of carbonyl (C=O) groups is 1. The largest absolute Gasteiger partial charge is 0.284 e. The Morgan fingerprint density at radius 2 is 2.38 bits per heavy atom. The van der Waals surface area contributed by atoms with E-state index >= 15 is 0 Å². The van der Waals surface area contributed by atoms with Crippen molar-refractivity contribution in [3.63, 3.8) is 0 Å². The van der Waals surface area contributed by atoms with Gasteiger partial charge in [-0.3, -0.25) is 14.1 Å². The fraction of sp³-hybridized carbons (Fsp3) is 0.333. The van der Waals surface area contributed by atoms with Gasteiger partial charge in [-0.1, -0.05) is 13.0 Å². The van der Waals surface area contributed by atoms with Gasteiger partial charge in [-0.15, -0.1) is 0 Å². The van der Waals surface area contributed by atoms with Crippen molar-refractivity contribution in [2.24, 2.45) is 0 Å². The fourth-order valence-electron chi connectivity index (χ4n) is 0.903. The zero-order valence-corrected chi connectivity index (χ0v) is 8.54. The molecule has 1 aromatic heterocycles. The van der Waals surface area contributed by atoms with Crippen LogP contribution in [0.5, 0.6) is 0 Å². The summed E-state index contributed by atoms with van der Waals surface area (Å²) in [5.41, 5.74) is 0.492. The van der Waals surface area contributed by atoms with E-state index in [0.29, 0.717) is 5.69 Å². The zero-order chi connectivity index (χ0) is 9.68. The molecule has 0 saturated carbocycles. The van der Waals surface area contributed by atoms with Crippen LogP contribution in [0.1, 0.15) is 17.4 Å². The van der Waals surface area contributed by atoms with Gasteiger partial charge in [-0.05, 0) is 24.1 Å². The predicted molar refractivity (Wildman–Crippen MR) is 54.5 cm³/mol. The third-order valence-electron chi connectivity index (χ3n) is 1.49. The fourth-order valence-corrected chi connectivity index (χ4v) is 1.50. The Bertz CT molecular complexity index is 276. The number of amides is 1. The molecule has 0 atom stereocenters. The Hall–Kier alpha value is -1.03. The van der Waals surface area contributed by atoms with Crippen molar-refractivity contribution in [3.8, 4) is 0 Å². The first-order valence-corrected chi connectivity index (χ1v) is 5.02. The first-order chi connectivity index (χ1) is 6.25. The van der Waals surface area contributed by atoms with Crippen LogP contribution in [-0.2, 0) is 0 Å². The van der Waals surface area contributed by atoms with Gasteiger partial charge < -0.3 is 0 Å². The molecule has 0 N–H and O–H groups in total. The molecule has 0 radical (unpaired) electrons. The van der Waals surface area contributed by atoms with Gasteiger partial charge >= 0.3 is 0 Å². The van der Waals surface area contributed by atoms with Crippen LogP contribution in [0.25, 0.3) is 0 Å². The van der Waals surface area contributed by atoms with E-state index in [1.807, 2.05) is 13.0 Å². The van der Waals surface area contributed by atoms with Crippen LogP contribution in [0.2, 0.25) is 0 Å². The molecule has 0 saturated heterocycles. The van der Waals surface area contributed by atoms with E-state index in [9.17, 15) is 4.79 Å². The molecule has 70 valence electrons. The lowest BCUT2D eigenvalue weighted by Gasteiger charge is -2.13. The number of nitrogens with zero attached hydrogens (tertiary/aromatic N) is 2. The Morgan fingerprint density at radius 1 is 1.62 bits per heavy atom. The number of rotatable bonds is 3. The van der Waals surface area contributed by atoms with Crippen LogP contribution in [0.4, 0.5) is 0 Å². The summed E-state index contributed by atoms with van der Waals surface area (Å²) in [5.74, 6) is 0.835. The van der Waals surface area contributed by atoms with Crippen molar-refractivity contribution < 1.29 is 4.79 Å². The van der Waals surface area contributed by atoms with Gasteiger partial charge in [0.05, 0.1) is 0 Å². The van der Waals surface area contributed by atoms with Crippen LogP contribution in [0.15, 0.2) is 24.4 Å². The third kappa shape index (κ3) is 2.73. The molecule has 0 unspecified atom stereocenters. The third-order valence-corrected chi connectivity index (χ3v) is 2.30. The molecule has 0 spiro atoms.